The molecule has 142 valence electrons. The molecule has 0 amide bonds. The van der Waals surface area contributed by atoms with Gasteiger partial charge in [0.15, 0.2) is 0 Å². The lowest BCUT2D eigenvalue weighted by molar-refractivity contribution is 0.237. The van der Waals surface area contributed by atoms with Crippen molar-refractivity contribution in [1.29, 1.82) is 0 Å². The zero-order valence-electron chi connectivity index (χ0n) is 15.2. The molecule has 0 aromatic heterocycles. The van der Waals surface area contributed by atoms with Crippen molar-refractivity contribution in [2.75, 3.05) is 6.61 Å². The lowest BCUT2D eigenvalue weighted by Gasteiger charge is -2.18. The number of hydrogen-bond acceptors (Lipinski definition) is 3. The highest BCUT2D eigenvalue weighted by molar-refractivity contribution is 6.42. The molecule has 0 aliphatic carbocycles. The van der Waals surface area contributed by atoms with Crippen LogP contribution >= 0.6 is 23.2 Å². The van der Waals surface area contributed by atoms with E-state index in [1.54, 1.807) is 6.07 Å². The minimum atomic E-state index is 0.0619. The average Bonchev–Trinajstić information content (AvgIpc) is 2.70. The van der Waals surface area contributed by atoms with Crippen LogP contribution in [0.15, 0.2) is 54.6 Å². The Hall–Kier alpha value is -1.78. The maximum Gasteiger partial charge on any atom is 0.124 e. The molecular formula is C22H23Cl2NO2. The Morgan fingerprint density at radius 1 is 1.04 bits per heavy atom. The molecule has 0 saturated carbocycles. The van der Waals surface area contributed by atoms with E-state index in [0.29, 0.717) is 23.2 Å². The number of aliphatic hydroxyl groups is 1. The molecule has 0 bridgehead atoms. The standard InChI is InChI=1S/C22H23Cl2NO2/c1-2-17(13-26)25-12-19-18-6-4-3-5-16(18)8-10-22(19)27-14-15-7-9-20(23)21(24)11-15/h3-11,17,25-26H,2,12-14H2,1H3. The molecule has 0 heterocycles. The number of halogens is 2. The summed E-state index contributed by atoms with van der Waals surface area (Å²) in [6, 6.07) is 17.9. The predicted octanol–water partition coefficient (Wildman–Crippen LogP) is 5.59. The highest BCUT2D eigenvalue weighted by Crippen LogP contribution is 2.30. The van der Waals surface area contributed by atoms with Crippen LogP contribution in [-0.2, 0) is 13.2 Å². The monoisotopic (exact) mass is 403 g/mol. The molecule has 0 radical (unpaired) electrons. The lowest BCUT2D eigenvalue weighted by Crippen LogP contribution is -2.31. The fourth-order valence-corrected chi connectivity index (χ4v) is 3.33. The molecule has 5 heteroatoms. The topological polar surface area (TPSA) is 41.5 Å². The van der Waals surface area contributed by atoms with E-state index in [-0.39, 0.29) is 12.6 Å². The van der Waals surface area contributed by atoms with Gasteiger partial charge in [0, 0.05) is 18.2 Å². The van der Waals surface area contributed by atoms with Gasteiger partial charge in [-0.25, -0.2) is 0 Å². The Kier molecular flexibility index (Phi) is 6.97. The Morgan fingerprint density at radius 3 is 2.59 bits per heavy atom. The molecule has 3 rings (SSSR count). The van der Waals surface area contributed by atoms with Crippen molar-refractivity contribution in [3.63, 3.8) is 0 Å². The minimum Gasteiger partial charge on any atom is -0.489 e. The first-order valence-electron chi connectivity index (χ1n) is 9.04. The van der Waals surface area contributed by atoms with Gasteiger partial charge in [0.25, 0.3) is 0 Å². The third kappa shape index (κ3) is 4.94. The molecule has 0 saturated heterocycles. The smallest absolute Gasteiger partial charge is 0.124 e. The number of hydrogen-bond donors (Lipinski definition) is 2. The van der Waals surface area contributed by atoms with Gasteiger partial charge in [-0.15, -0.1) is 0 Å². The molecule has 27 heavy (non-hydrogen) atoms. The van der Waals surface area contributed by atoms with Gasteiger partial charge in [0.1, 0.15) is 12.4 Å². The second-order valence-corrected chi connectivity index (χ2v) is 7.28. The maximum atomic E-state index is 9.47. The van der Waals surface area contributed by atoms with Gasteiger partial charge in [-0.1, -0.05) is 66.5 Å². The second-order valence-electron chi connectivity index (χ2n) is 6.47. The summed E-state index contributed by atoms with van der Waals surface area (Å²) in [5.74, 6) is 0.820. The number of rotatable bonds is 8. The highest BCUT2D eigenvalue weighted by Gasteiger charge is 2.12. The molecule has 0 fully saturated rings. The molecule has 0 aliphatic rings. The van der Waals surface area contributed by atoms with Crippen molar-refractivity contribution in [3.05, 3.63) is 75.8 Å². The number of benzene rings is 3. The van der Waals surface area contributed by atoms with E-state index in [1.165, 1.54) is 0 Å². The van der Waals surface area contributed by atoms with Crippen LogP contribution in [0.5, 0.6) is 5.75 Å². The predicted molar refractivity (Wildman–Crippen MR) is 113 cm³/mol. The summed E-state index contributed by atoms with van der Waals surface area (Å²) in [5, 5.41) is 16.2. The van der Waals surface area contributed by atoms with Crippen molar-refractivity contribution < 1.29 is 9.84 Å². The average molecular weight is 404 g/mol. The Bertz CT molecular complexity index is 910. The Labute approximate surface area is 169 Å². The van der Waals surface area contributed by atoms with Gasteiger partial charge in [-0.3, -0.25) is 0 Å². The number of ether oxygens (including phenoxy) is 1. The Morgan fingerprint density at radius 2 is 1.85 bits per heavy atom. The van der Waals surface area contributed by atoms with Crippen LogP contribution in [0.25, 0.3) is 10.8 Å². The summed E-state index contributed by atoms with van der Waals surface area (Å²) >= 11 is 12.1. The summed E-state index contributed by atoms with van der Waals surface area (Å²) in [6.07, 6.45) is 0.862. The van der Waals surface area contributed by atoms with Crippen LogP contribution in [0.2, 0.25) is 10.0 Å². The fourth-order valence-electron chi connectivity index (χ4n) is 3.01. The number of nitrogens with one attached hydrogen (secondary N) is 1. The fraction of sp³-hybridized carbons (Fsp3) is 0.273. The Balaban J connectivity index is 1.86. The number of fused-ring (bicyclic) bond motifs is 1. The van der Waals surface area contributed by atoms with E-state index in [4.69, 9.17) is 27.9 Å². The molecule has 0 aliphatic heterocycles. The van der Waals surface area contributed by atoms with E-state index in [2.05, 4.69) is 30.4 Å². The normalized spacial score (nSPS) is 12.3. The maximum absolute atomic E-state index is 9.47. The SMILES string of the molecule is CCC(CO)NCc1c(OCc2ccc(Cl)c(Cl)c2)ccc2ccccc12. The summed E-state index contributed by atoms with van der Waals surface area (Å²) in [7, 11) is 0. The van der Waals surface area contributed by atoms with E-state index in [0.717, 1.165) is 34.1 Å². The van der Waals surface area contributed by atoms with Crippen LogP contribution in [0.3, 0.4) is 0 Å². The van der Waals surface area contributed by atoms with E-state index in [1.807, 2.05) is 30.3 Å². The minimum absolute atomic E-state index is 0.0619. The van der Waals surface area contributed by atoms with Crippen molar-refractivity contribution >= 4 is 34.0 Å². The van der Waals surface area contributed by atoms with Gasteiger partial charge >= 0.3 is 0 Å². The van der Waals surface area contributed by atoms with Crippen molar-refractivity contribution in [2.45, 2.75) is 32.5 Å². The molecule has 1 unspecified atom stereocenters. The van der Waals surface area contributed by atoms with Crippen LogP contribution in [0.4, 0.5) is 0 Å². The van der Waals surface area contributed by atoms with Gasteiger partial charge in [-0.05, 0) is 41.0 Å². The molecule has 3 nitrogen and oxygen atoms in total. The largest absolute Gasteiger partial charge is 0.489 e. The van der Waals surface area contributed by atoms with Gasteiger partial charge in [0.2, 0.25) is 0 Å². The first kappa shape index (κ1) is 20.0. The molecule has 2 N–H and O–H groups in total. The summed E-state index contributed by atoms with van der Waals surface area (Å²) in [5.41, 5.74) is 2.04. The van der Waals surface area contributed by atoms with Crippen LogP contribution < -0.4 is 10.1 Å². The molecule has 3 aromatic carbocycles. The van der Waals surface area contributed by atoms with Crippen LogP contribution in [-0.4, -0.2) is 17.8 Å². The van der Waals surface area contributed by atoms with Gasteiger partial charge < -0.3 is 15.2 Å². The zero-order chi connectivity index (χ0) is 19.2. The highest BCUT2D eigenvalue weighted by atomic mass is 35.5. The van der Waals surface area contributed by atoms with Crippen molar-refractivity contribution in [1.82, 2.24) is 5.32 Å². The summed E-state index contributed by atoms with van der Waals surface area (Å²) in [4.78, 5) is 0. The third-order valence-electron chi connectivity index (χ3n) is 4.66. The molecule has 1 atom stereocenters. The first-order valence-corrected chi connectivity index (χ1v) is 9.79. The van der Waals surface area contributed by atoms with Crippen LogP contribution in [0.1, 0.15) is 24.5 Å². The van der Waals surface area contributed by atoms with E-state index in [9.17, 15) is 5.11 Å². The van der Waals surface area contributed by atoms with Crippen molar-refractivity contribution in [2.24, 2.45) is 0 Å². The van der Waals surface area contributed by atoms with E-state index < -0.39 is 0 Å². The quantitative estimate of drug-likeness (QED) is 0.515. The third-order valence-corrected chi connectivity index (χ3v) is 5.40. The van der Waals surface area contributed by atoms with E-state index >= 15 is 0 Å². The zero-order valence-corrected chi connectivity index (χ0v) is 16.7. The number of aliphatic hydroxyl groups excluding tert-OH is 1. The molecular weight excluding hydrogens is 381 g/mol. The molecule has 0 spiro atoms. The van der Waals surface area contributed by atoms with Crippen molar-refractivity contribution in [3.8, 4) is 5.75 Å². The van der Waals surface area contributed by atoms with Crippen LogP contribution in [0, 0.1) is 0 Å². The lowest BCUT2D eigenvalue weighted by atomic mass is 10.0. The summed E-state index contributed by atoms with van der Waals surface area (Å²) in [6.45, 7) is 3.19. The van der Waals surface area contributed by atoms with Gasteiger partial charge in [-0.2, -0.15) is 0 Å². The first-order chi connectivity index (χ1) is 13.1. The second kappa shape index (κ2) is 9.43. The van der Waals surface area contributed by atoms with Gasteiger partial charge in [0.05, 0.1) is 16.7 Å². The molecule has 3 aromatic rings. The summed E-state index contributed by atoms with van der Waals surface area (Å²) < 4.78 is 6.12.